The highest BCUT2D eigenvalue weighted by atomic mass is 16.5. The number of rotatable bonds is 7. The first-order chi connectivity index (χ1) is 7.13. The van der Waals surface area contributed by atoms with Crippen molar-refractivity contribution in [2.45, 2.75) is 39.7 Å². The van der Waals surface area contributed by atoms with E-state index in [4.69, 9.17) is 10.5 Å². The van der Waals surface area contributed by atoms with Crippen LogP contribution >= 0.6 is 0 Å². The number of allylic oxidation sites excluding steroid dienone is 4. The van der Waals surface area contributed by atoms with Crippen molar-refractivity contribution in [2.75, 3.05) is 6.54 Å². The lowest BCUT2D eigenvalue weighted by atomic mass is 10.1. The Morgan fingerprint density at radius 2 is 2.20 bits per heavy atom. The van der Waals surface area contributed by atoms with Gasteiger partial charge in [0.15, 0.2) is 0 Å². The van der Waals surface area contributed by atoms with Crippen LogP contribution in [0.25, 0.3) is 0 Å². The van der Waals surface area contributed by atoms with Gasteiger partial charge in [0.05, 0.1) is 0 Å². The number of hydrogen-bond acceptors (Lipinski definition) is 2. The van der Waals surface area contributed by atoms with E-state index in [2.05, 4.69) is 19.6 Å². The molecule has 0 aromatic carbocycles. The minimum absolute atomic E-state index is 0.0298. The summed E-state index contributed by atoms with van der Waals surface area (Å²) in [5.74, 6) is 0.689. The first kappa shape index (κ1) is 14.0. The number of nitrogens with two attached hydrogens (primary N) is 1. The fourth-order valence-corrected chi connectivity index (χ4v) is 1.25. The Morgan fingerprint density at radius 3 is 2.67 bits per heavy atom. The molecule has 0 saturated carbocycles. The Bertz CT molecular complexity index is 241. The monoisotopic (exact) mass is 209 g/mol. The lowest BCUT2D eigenvalue weighted by molar-refractivity contribution is 0.149. The van der Waals surface area contributed by atoms with Crippen molar-refractivity contribution in [3.63, 3.8) is 0 Å². The molecule has 1 atom stereocenters. The van der Waals surface area contributed by atoms with Crippen LogP contribution in [0.5, 0.6) is 0 Å². The minimum Gasteiger partial charge on any atom is -0.490 e. The average molecular weight is 209 g/mol. The lowest BCUT2D eigenvalue weighted by Crippen LogP contribution is -2.19. The van der Waals surface area contributed by atoms with Crippen LogP contribution in [0, 0.1) is 0 Å². The topological polar surface area (TPSA) is 35.2 Å². The molecule has 0 saturated heterocycles. The third-order valence-electron chi connectivity index (χ3n) is 1.95. The van der Waals surface area contributed by atoms with Gasteiger partial charge in [-0.15, -0.1) is 0 Å². The van der Waals surface area contributed by atoms with Gasteiger partial charge in [0, 0.05) is 6.54 Å². The number of ether oxygens (including phenoxy) is 1. The van der Waals surface area contributed by atoms with Gasteiger partial charge < -0.3 is 10.5 Å². The second-order valence-corrected chi connectivity index (χ2v) is 3.60. The zero-order valence-corrected chi connectivity index (χ0v) is 10.1. The van der Waals surface area contributed by atoms with Crippen LogP contribution in [-0.2, 0) is 4.74 Å². The van der Waals surface area contributed by atoms with E-state index < -0.39 is 0 Å². The second kappa shape index (κ2) is 8.30. The molecule has 2 N–H and O–H groups in total. The van der Waals surface area contributed by atoms with E-state index in [9.17, 15) is 0 Å². The highest BCUT2D eigenvalue weighted by Crippen LogP contribution is 2.11. The average Bonchev–Trinajstić information content (AvgIpc) is 2.18. The van der Waals surface area contributed by atoms with Gasteiger partial charge in [-0.05, 0) is 31.9 Å². The molecule has 0 aliphatic heterocycles. The Labute approximate surface area is 93.5 Å². The summed E-state index contributed by atoms with van der Waals surface area (Å²) < 4.78 is 5.49. The van der Waals surface area contributed by atoms with Gasteiger partial charge in [-0.2, -0.15) is 0 Å². The van der Waals surface area contributed by atoms with Crippen molar-refractivity contribution in [3.8, 4) is 0 Å². The fourth-order valence-electron chi connectivity index (χ4n) is 1.25. The SMILES string of the molecule is C=C(/C=C(\C=C/C)CCC)OC(C)CN. The van der Waals surface area contributed by atoms with Gasteiger partial charge in [0.1, 0.15) is 11.9 Å². The normalized spacial score (nSPS) is 14.3. The summed E-state index contributed by atoms with van der Waals surface area (Å²) in [5, 5.41) is 0. The van der Waals surface area contributed by atoms with Crippen molar-refractivity contribution in [3.05, 3.63) is 36.1 Å². The molecule has 0 rings (SSSR count). The van der Waals surface area contributed by atoms with Crippen molar-refractivity contribution >= 4 is 0 Å². The van der Waals surface area contributed by atoms with E-state index in [0.29, 0.717) is 12.3 Å². The molecule has 2 nitrogen and oxygen atoms in total. The molecule has 2 heteroatoms. The standard InChI is InChI=1S/C13H23NO/c1-5-7-13(8-6-2)9-11(3)15-12(4)10-14/h5,7,9,12H,3,6,8,10,14H2,1-2,4H3/b7-5-,13-9+. The molecule has 15 heavy (non-hydrogen) atoms. The summed E-state index contributed by atoms with van der Waals surface area (Å²) >= 11 is 0. The summed E-state index contributed by atoms with van der Waals surface area (Å²) in [6, 6.07) is 0. The molecule has 0 amide bonds. The van der Waals surface area contributed by atoms with Crippen molar-refractivity contribution in [2.24, 2.45) is 5.73 Å². The Balaban J connectivity index is 4.33. The van der Waals surface area contributed by atoms with E-state index in [1.807, 2.05) is 26.0 Å². The maximum Gasteiger partial charge on any atom is 0.112 e. The summed E-state index contributed by atoms with van der Waals surface area (Å²) in [5.41, 5.74) is 6.71. The highest BCUT2D eigenvalue weighted by molar-refractivity contribution is 5.25. The van der Waals surface area contributed by atoms with Crippen LogP contribution in [0.1, 0.15) is 33.6 Å². The maximum atomic E-state index is 5.49. The van der Waals surface area contributed by atoms with Gasteiger partial charge in [-0.3, -0.25) is 0 Å². The molecule has 0 aromatic heterocycles. The van der Waals surface area contributed by atoms with Gasteiger partial charge in [0.25, 0.3) is 0 Å². The van der Waals surface area contributed by atoms with Crippen LogP contribution in [0.4, 0.5) is 0 Å². The molecular weight excluding hydrogens is 186 g/mol. The van der Waals surface area contributed by atoms with Gasteiger partial charge in [-0.25, -0.2) is 0 Å². The third kappa shape index (κ3) is 6.97. The molecule has 0 heterocycles. The molecule has 0 aliphatic rings. The van der Waals surface area contributed by atoms with E-state index in [1.165, 1.54) is 5.57 Å². The highest BCUT2D eigenvalue weighted by Gasteiger charge is 2.00. The zero-order chi connectivity index (χ0) is 11.7. The van der Waals surface area contributed by atoms with Crippen LogP contribution in [-0.4, -0.2) is 12.6 Å². The summed E-state index contributed by atoms with van der Waals surface area (Å²) in [4.78, 5) is 0. The quantitative estimate of drug-likeness (QED) is 0.516. The molecule has 0 fully saturated rings. The maximum absolute atomic E-state index is 5.49. The first-order valence-electron chi connectivity index (χ1n) is 5.52. The summed E-state index contributed by atoms with van der Waals surface area (Å²) in [6.07, 6.45) is 8.30. The molecule has 0 bridgehead atoms. The molecule has 86 valence electrons. The van der Waals surface area contributed by atoms with E-state index in [0.717, 1.165) is 12.8 Å². The predicted molar refractivity (Wildman–Crippen MR) is 66.5 cm³/mol. The van der Waals surface area contributed by atoms with E-state index >= 15 is 0 Å². The Kier molecular flexibility index (Phi) is 7.74. The van der Waals surface area contributed by atoms with Crippen molar-refractivity contribution in [1.29, 1.82) is 0 Å². The zero-order valence-electron chi connectivity index (χ0n) is 10.1. The molecular formula is C13H23NO. The third-order valence-corrected chi connectivity index (χ3v) is 1.95. The lowest BCUT2D eigenvalue weighted by Gasteiger charge is -2.12. The fraction of sp³-hybridized carbons (Fsp3) is 0.538. The largest absolute Gasteiger partial charge is 0.490 e. The predicted octanol–water partition coefficient (Wildman–Crippen LogP) is 3.17. The first-order valence-corrected chi connectivity index (χ1v) is 5.52. The summed E-state index contributed by atoms with van der Waals surface area (Å²) in [7, 11) is 0. The molecule has 0 aromatic rings. The smallest absolute Gasteiger partial charge is 0.112 e. The van der Waals surface area contributed by atoms with Crippen LogP contribution in [0.3, 0.4) is 0 Å². The Morgan fingerprint density at radius 1 is 1.53 bits per heavy atom. The van der Waals surface area contributed by atoms with Crippen molar-refractivity contribution < 1.29 is 4.74 Å². The Hall–Kier alpha value is -1.02. The molecule has 0 spiro atoms. The van der Waals surface area contributed by atoms with E-state index in [1.54, 1.807) is 0 Å². The molecule has 0 aliphatic carbocycles. The number of hydrogen-bond donors (Lipinski definition) is 1. The minimum atomic E-state index is 0.0298. The van der Waals surface area contributed by atoms with Gasteiger partial charge in [0.2, 0.25) is 0 Å². The van der Waals surface area contributed by atoms with E-state index in [-0.39, 0.29) is 6.10 Å². The molecule has 0 radical (unpaired) electrons. The van der Waals surface area contributed by atoms with Crippen LogP contribution in [0.2, 0.25) is 0 Å². The van der Waals surface area contributed by atoms with Crippen LogP contribution in [0.15, 0.2) is 36.1 Å². The van der Waals surface area contributed by atoms with Crippen LogP contribution < -0.4 is 5.73 Å². The second-order valence-electron chi connectivity index (χ2n) is 3.60. The summed E-state index contributed by atoms with van der Waals surface area (Å²) in [6.45, 7) is 10.5. The van der Waals surface area contributed by atoms with Gasteiger partial charge in [-0.1, -0.05) is 32.1 Å². The molecule has 1 unspecified atom stereocenters. The van der Waals surface area contributed by atoms with Gasteiger partial charge >= 0.3 is 0 Å². The van der Waals surface area contributed by atoms with Crippen molar-refractivity contribution in [1.82, 2.24) is 0 Å².